The first kappa shape index (κ1) is 22.2. The molecular weight excluding hydrogens is 432 g/mol. The van der Waals surface area contributed by atoms with Gasteiger partial charge in [-0.1, -0.05) is 0 Å². The van der Waals surface area contributed by atoms with E-state index in [1.54, 1.807) is 12.6 Å². The normalized spacial score (nSPS) is 15.6. The van der Waals surface area contributed by atoms with Gasteiger partial charge in [-0.15, -0.1) is 0 Å². The summed E-state index contributed by atoms with van der Waals surface area (Å²) in [7, 11) is 0. The smallest absolute Gasteiger partial charge is 0.407 e. The van der Waals surface area contributed by atoms with Crippen molar-refractivity contribution in [3.8, 4) is 0 Å². The van der Waals surface area contributed by atoms with E-state index in [9.17, 15) is 4.79 Å². The van der Waals surface area contributed by atoms with E-state index in [-0.39, 0.29) is 12.1 Å². The second-order valence-corrected chi connectivity index (χ2v) is 9.75. The molecular formula is C25H30N6O3. The summed E-state index contributed by atoms with van der Waals surface area (Å²) < 4.78 is 10.8. The molecule has 4 heterocycles. The first-order chi connectivity index (χ1) is 16.3. The number of rotatable bonds is 5. The Balaban J connectivity index is 1.26. The number of carbonyl (C=O) groups excluding carboxylic acids is 1. The van der Waals surface area contributed by atoms with Crippen LogP contribution in [-0.2, 0) is 11.3 Å². The highest BCUT2D eigenvalue weighted by molar-refractivity contribution is 5.93. The molecule has 0 aliphatic carbocycles. The second kappa shape index (κ2) is 8.98. The van der Waals surface area contributed by atoms with Crippen LogP contribution in [0.15, 0.2) is 47.5 Å². The van der Waals surface area contributed by atoms with Gasteiger partial charge >= 0.3 is 6.09 Å². The molecule has 0 saturated carbocycles. The maximum Gasteiger partial charge on any atom is 0.407 e. The highest BCUT2D eigenvalue weighted by Gasteiger charge is 2.24. The van der Waals surface area contributed by atoms with Gasteiger partial charge in [0.2, 0.25) is 0 Å². The molecule has 5 rings (SSSR count). The SMILES string of the molecule is CC(C)(C)OC(=O)NC1CCN(Cc2c[nH]c3ncnc(Nc4ccc5occc5c4)c23)CC1. The van der Waals surface area contributed by atoms with Crippen molar-refractivity contribution in [3.05, 3.63) is 48.6 Å². The molecule has 3 aromatic heterocycles. The van der Waals surface area contributed by atoms with Crippen molar-refractivity contribution in [2.45, 2.75) is 51.8 Å². The number of alkyl carbamates (subject to hydrolysis) is 1. The molecule has 0 unspecified atom stereocenters. The summed E-state index contributed by atoms with van der Waals surface area (Å²) in [6.45, 7) is 8.18. The van der Waals surface area contributed by atoms with Crippen molar-refractivity contribution in [2.75, 3.05) is 18.4 Å². The van der Waals surface area contributed by atoms with Crippen LogP contribution in [-0.4, -0.2) is 50.7 Å². The van der Waals surface area contributed by atoms with Gasteiger partial charge < -0.3 is 24.8 Å². The lowest BCUT2D eigenvalue weighted by molar-refractivity contribution is 0.0477. The Morgan fingerprint density at radius 3 is 2.85 bits per heavy atom. The lowest BCUT2D eigenvalue weighted by Gasteiger charge is -2.32. The Kier molecular flexibility index (Phi) is 5.87. The summed E-state index contributed by atoms with van der Waals surface area (Å²) in [5.74, 6) is 0.769. The van der Waals surface area contributed by atoms with Crippen LogP contribution < -0.4 is 10.6 Å². The molecule has 0 atom stereocenters. The molecule has 4 aromatic rings. The van der Waals surface area contributed by atoms with E-state index in [1.165, 1.54) is 0 Å². The maximum absolute atomic E-state index is 12.1. The first-order valence-corrected chi connectivity index (χ1v) is 11.6. The van der Waals surface area contributed by atoms with Crippen LogP contribution in [0.3, 0.4) is 0 Å². The van der Waals surface area contributed by atoms with Gasteiger partial charge in [0.1, 0.15) is 29.0 Å². The monoisotopic (exact) mass is 462 g/mol. The Morgan fingerprint density at radius 2 is 2.06 bits per heavy atom. The number of amides is 1. The van der Waals surface area contributed by atoms with Crippen molar-refractivity contribution in [1.29, 1.82) is 0 Å². The van der Waals surface area contributed by atoms with Crippen LogP contribution in [0, 0.1) is 0 Å². The average molecular weight is 463 g/mol. The van der Waals surface area contributed by atoms with Crippen molar-refractivity contribution < 1.29 is 13.9 Å². The quantitative estimate of drug-likeness (QED) is 0.386. The highest BCUT2D eigenvalue weighted by Crippen LogP contribution is 2.29. The zero-order valence-corrected chi connectivity index (χ0v) is 19.7. The van der Waals surface area contributed by atoms with E-state index in [0.717, 1.165) is 71.5 Å². The number of nitrogens with one attached hydrogen (secondary N) is 3. The number of hydrogen-bond acceptors (Lipinski definition) is 7. The Bertz CT molecular complexity index is 1300. The van der Waals surface area contributed by atoms with E-state index in [4.69, 9.17) is 9.15 Å². The van der Waals surface area contributed by atoms with Crippen LogP contribution in [0.1, 0.15) is 39.2 Å². The van der Waals surface area contributed by atoms with Crippen LogP contribution >= 0.6 is 0 Å². The number of benzene rings is 1. The van der Waals surface area contributed by atoms with Crippen molar-refractivity contribution in [3.63, 3.8) is 0 Å². The van der Waals surface area contributed by atoms with Crippen molar-refractivity contribution >= 4 is 39.6 Å². The van der Waals surface area contributed by atoms with Crippen LogP contribution in [0.5, 0.6) is 0 Å². The Morgan fingerprint density at radius 1 is 1.24 bits per heavy atom. The number of furan rings is 1. The minimum absolute atomic E-state index is 0.132. The zero-order valence-electron chi connectivity index (χ0n) is 19.7. The van der Waals surface area contributed by atoms with Gasteiger partial charge in [-0.05, 0) is 63.4 Å². The lowest BCUT2D eigenvalue weighted by atomic mass is 10.0. The summed E-state index contributed by atoms with van der Waals surface area (Å²) in [4.78, 5) is 26.7. The number of hydrogen-bond donors (Lipinski definition) is 3. The summed E-state index contributed by atoms with van der Waals surface area (Å²) in [6.07, 6.45) is 6.68. The number of aromatic nitrogens is 3. The van der Waals surface area contributed by atoms with E-state index in [2.05, 4.69) is 30.5 Å². The molecule has 1 amide bonds. The molecule has 3 N–H and O–H groups in total. The van der Waals surface area contributed by atoms with Gasteiger partial charge in [-0.2, -0.15) is 0 Å². The van der Waals surface area contributed by atoms with Crippen molar-refractivity contribution in [1.82, 2.24) is 25.2 Å². The average Bonchev–Trinajstić information content (AvgIpc) is 3.41. The minimum Gasteiger partial charge on any atom is -0.464 e. The summed E-state index contributed by atoms with van der Waals surface area (Å²) >= 11 is 0. The molecule has 1 fully saturated rings. The Labute approximate surface area is 197 Å². The van der Waals surface area contributed by atoms with Gasteiger partial charge in [-0.25, -0.2) is 14.8 Å². The molecule has 1 aliphatic rings. The second-order valence-electron chi connectivity index (χ2n) is 9.75. The summed E-state index contributed by atoms with van der Waals surface area (Å²) in [6, 6.07) is 8.05. The lowest BCUT2D eigenvalue weighted by Crippen LogP contribution is -2.45. The zero-order chi connectivity index (χ0) is 23.7. The predicted octanol–water partition coefficient (Wildman–Crippen LogP) is 4.94. The molecule has 1 aliphatic heterocycles. The maximum atomic E-state index is 12.1. The molecule has 34 heavy (non-hydrogen) atoms. The number of fused-ring (bicyclic) bond motifs is 2. The van der Waals surface area contributed by atoms with Gasteiger partial charge in [-0.3, -0.25) is 4.90 Å². The number of piperidine rings is 1. The fourth-order valence-corrected chi connectivity index (χ4v) is 4.38. The van der Waals surface area contributed by atoms with E-state index in [1.807, 2.05) is 51.2 Å². The van der Waals surface area contributed by atoms with Crippen LogP contribution in [0.2, 0.25) is 0 Å². The van der Waals surface area contributed by atoms with Gasteiger partial charge in [0.15, 0.2) is 0 Å². The predicted molar refractivity (Wildman–Crippen MR) is 131 cm³/mol. The number of aromatic amines is 1. The number of carbonyl (C=O) groups is 1. The van der Waals surface area contributed by atoms with Crippen LogP contribution in [0.25, 0.3) is 22.0 Å². The van der Waals surface area contributed by atoms with E-state index >= 15 is 0 Å². The minimum atomic E-state index is -0.488. The van der Waals surface area contributed by atoms with Gasteiger partial charge in [0.25, 0.3) is 0 Å². The van der Waals surface area contributed by atoms with Gasteiger partial charge in [0, 0.05) is 42.9 Å². The molecule has 9 heteroatoms. The number of ether oxygens (including phenoxy) is 1. The number of anilines is 2. The van der Waals surface area contributed by atoms with Gasteiger partial charge in [0.05, 0.1) is 11.6 Å². The molecule has 0 bridgehead atoms. The van der Waals surface area contributed by atoms with Crippen LogP contribution in [0.4, 0.5) is 16.3 Å². The highest BCUT2D eigenvalue weighted by atomic mass is 16.6. The molecule has 1 aromatic carbocycles. The summed E-state index contributed by atoms with van der Waals surface area (Å²) in [5, 5.41) is 8.47. The first-order valence-electron chi connectivity index (χ1n) is 11.6. The molecule has 178 valence electrons. The fourth-order valence-electron chi connectivity index (χ4n) is 4.38. The number of nitrogens with zero attached hydrogens (tertiary/aromatic N) is 3. The third kappa shape index (κ3) is 4.99. The Hall–Kier alpha value is -3.59. The van der Waals surface area contributed by atoms with Crippen molar-refractivity contribution in [2.24, 2.45) is 0 Å². The molecule has 0 spiro atoms. The standard InChI is InChI=1S/C25H30N6O3/c1-25(2,3)34-24(32)30-18-6-9-31(10-7-18)14-17-13-26-22-21(17)23(28-15-27-22)29-19-4-5-20-16(12-19)8-11-33-20/h4-5,8,11-13,15,18H,6-7,9-10,14H2,1-3H3,(H,30,32)(H2,26,27,28,29). The third-order valence-corrected chi connectivity index (χ3v) is 5.97. The topological polar surface area (TPSA) is 108 Å². The largest absolute Gasteiger partial charge is 0.464 e. The number of likely N-dealkylation sites (tertiary alicyclic amines) is 1. The molecule has 1 saturated heterocycles. The molecule has 0 radical (unpaired) electrons. The number of H-pyrrole nitrogens is 1. The van der Waals surface area contributed by atoms with E-state index in [0.29, 0.717) is 0 Å². The third-order valence-electron chi connectivity index (χ3n) is 5.97. The van der Waals surface area contributed by atoms with E-state index < -0.39 is 5.60 Å². The summed E-state index contributed by atoms with van der Waals surface area (Å²) in [5.41, 5.74) is 3.25. The molecule has 9 nitrogen and oxygen atoms in total. The fraction of sp³-hybridized carbons (Fsp3) is 0.400.